The summed E-state index contributed by atoms with van der Waals surface area (Å²) in [5, 5.41) is 5.26. The number of nitrogens with zero attached hydrogens (tertiary/aromatic N) is 3. The fraction of sp³-hybridized carbons (Fsp3) is 0.292. The molecule has 0 atom stereocenters. The average Bonchev–Trinajstić information content (AvgIpc) is 3.36. The van der Waals surface area contributed by atoms with Crippen LogP contribution in [0.25, 0.3) is 22.5 Å². The molecule has 30 heavy (non-hydrogen) atoms. The second kappa shape index (κ2) is 8.14. The summed E-state index contributed by atoms with van der Waals surface area (Å²) in [6, 6.07) is 14.0. The van der Waals surface area contributed by atoms with Gasteiger partial charge in [-0.3, -0.25) is 4.79 Å². The van der Waals surface area contributed by atoms with Gasteiger partial charge in [0.1, 0.15) is 5.69 Å². The number of H-pyrrole nitrogens is 1. The van der Waals surface area contributed by atoms with Crippen molar-refractivity contribution >= 4 is 16.8 Å². The van der Waals surface area contributed by atoms with Crippen molar-refractivity contribution < 1.29 is 9.32 Å². The lowest BCUT2D eigenvalue weighted by Crippen LogP contribution is -2.29. The largest absolute Gasteiger partial charge is 0.350 e. The van der Waals surface area contributed by atoms with Crippen LogP contribution in [0.3, 0.4) is 0 Å². The van der Waals surface area contributed by atoms with Crippen molar-refractivity contribution in [1.82, 2.24) is 20.0 Å². The van der Waals surface area contributed by atoms with Crippen LogP contribution in [0.5, 0.6) is 0 Å². The van der Waals surface area contributed by atoms with Crippen molar-refractivity contribution in [1.29, 1.82) is 0 Å². The normalized spacial score (nSPS) is 11.2. The van der Waals surface area contributed by atoms with Crippen LogP contribution in [0.15, 0.2) is 47.0 Å². The minimum Gasteiger partial charge on any atom is -0.350 e. The van der Waals surface area contributed by atoms with Gasteiger partial charge in [-0.15, -0.1) is 0 Å². The zero-order valence-electron chi connectivity index (χ0n) is 17.8. The molecule has 0 aliphatic carbocycles. The molecular formula is C24H26N4O2. The molecule has 154 valence electrons. The second-order valence-corrected chi connectivity index (χ2v) is 7.72. The molecular weight excluding hydrogens is 376 g/mol. The van der Waals surface area contributed by atoms with Crippen LogP contribution >= 0.6 is 0 Å². The molecule has 2 aromatic carbocycles. The molecule has 0 radical (unpaired) electrons. The number of hydrogen-bond acceptors (Lipinski definition) is 4. The number of amides is 1. The lowest BCUT2D eigenvalue weighted by atomic mass is 10.1. The van der Waals surface area contributed by atoms with Crippen LogP contribution in [0.2, 0.25) is 0 Å². The number of nitrogens with one attached hydrogen (secondary N) is 1. The fourth-order valence-electron chi connectivity index (χ4n) is 3.58. The Balaban J connectivity index is 1.44. The molecule has 2 heterocycles. The third-order valence-electron chi connectivity index (χ3n) is 5.52. The van der Waals surface area contributed by atoms with Gasteiger partial charge in [-0.2, -0.15) is 4.98 Å². The Morgan fingerprint density at radius 2 is 1.90 bits per heavy atom. The van der Waals surface area contributed by atoms with Crippen molar-refractivity contribution in [2.75, 3.05) is 13.6 Å². The van der Waals surface area contributed by atoms with Gasteiger partial charge in [-0.25, -0.2) is 0 Å². The number of aromatic nitrogens is 3. The lowest BCUT2D eigenvalue weighted by molar-refractivity contribution is 0.0796. The SMILES string of the molecule is CCc1ccc(C(=O)N(C)CCc2noc(-c3[nH]c4ccc(C)cc4c3C)n2)cc1. The zero-order chi connectivity index (χ0) is 21.3. The number of fused-ring (bicyclic) bond motifs is 1. The van der Waals surface area contributed by atoms with Crippen LogP contribution in [0.4, 0.5) is 0 Å². The van der Waals surface area contributed by atoms with Crippen LogP contribution < -0.4 is 0 Å². The summed E-state index contributed by atoms with van der Waals surface area (Å²) in [6.45, 7) is 6.73. The Morgan fingerprint density at radius 3 is 2.63 bits per heavy atom. The summed E-state index contributed by atoms with van der Waals surface area (Å²) < 4.78 is 5.50. The summed E-state index contributed by atoms with van der Waals surface area (Å²) in [5.74, 6) is 1.05. The Labute approximate surface area is 175 Å². The highest BCUT2D eigenvalue weighted by Gasteiger charge is 2.17. The van der Waals surface area contributed by atoms with Gasteiger partial charge in [0.2, 0.25) is 0 Å². The van der Waals surface area contributed by atoms with Gasteiger partial charge < -0.3 is 14.4 Å². The van der Waals surface area contributed by atoms with E-state index in [0.29, 0.717) is 30.2 Å². The zero-order valence-corrected chi connectivity index (χ0v) is 17.8. The highest BCUT2D eigenvalue weighted by Crippen LogP contribution is 2.29. The van der Waals surface area contributed by atoms with Crippen molar-refractivity contribution in [2.45, 2.75) is 33.6 Å². The third-order valence-corrected chi connectivity index (χ3v) is 5.52. The molecule has 4 aromatic rings. The molecule has 0 saturated heterocycles. The Kier molecular flexibility index (Phi) is 5.40. The van der Waals surface area contributed by atoms with Gasteiger partial charge in [-0.1, -0.05) is 35.8 Å². The van der Waals surface area contributed by atoms with Crippen LogP contribution in [0, 0.1) is 13.8 Å². The quantitative estimate of drug-likeness (QED) is 0.507. The number of likely N-dealkylation sites (N-methyl/N-ethyl adjacent to an activating group) is 1. The monoisotopic (exact) mass is 402 g/mol. The first-order valence-corrected chi connectivity index (χ1v) is 10.2. The molecule has 1 N–H and O–H groups in total. The summed E-state index contributed by atoms with van der Waals surface area (Å²) in [7, 11) is 1.79. The minimum absolute atomic E-state index is 0.0109. The fourth-order valence-corrected chi connectivity index (χ4v) is 3.58. The Morgan fingerprint density at radius 1 is 1.13 bits per heavy atom. The van der Waals surface area contributed by atoms with Gasteiger partial charge in [-0.05, 0) is 55.7 Å². The Hall–Kier alpha value is -3.41. The van der Waals surface area contributed by atoms with Crippen LogP contribution in [-0.4, -0.2) is 39.5 Å². The lowest BCUT2D eigenvalue weighted by Gasteiger charge is -2.16. The molecule has 2 aromatic heterocycles. The highest BCUT2D eigenvalue weighted by molar-refractivity contribution is 5.94. The van der Waals surface area contributed by atoms with Gasteiger partial charge in [0.05, 0.1) is 0 Å². The molecule has 6 nitrogen and oxygen atoms in total. The van der Waals surface area contributed by atoms with E-state index < -0.39 is 0 Å². The van der Waals surface area contributed by atoms with E-state index in [1.807, 2.05) is 31.2 Å². The number of rotatable bonds is 6. The topological polar surface area (TPSA) is 75.0 Å². The predicted octanol–water partition coefficient (Wildman–Crippen LogP) is 4.71. The number of carbonyl (C=O) groups is 1. The summed E-state index contributed by atoms with van der Waals surface area (Å²) >= 11 is 0. The van der Waals surface area contributed by atoms with Crippen molar-refractivity contribution in [2.24, 2.45) is 0 Å². The van der Waals surface area contributed by atoms with Gasteiger partial charge in [0.15, 0.2) is 5.82 Å². The molecule has 0 aliphatic heterocycles. The van der Waals surface area contributed by atoms with E-state index in [9.17, 15) is 4.79 Å². The average molecular weight is 402 g/mol. The van der Waals surface area contributed by atoms with Gasteiger partial charge in [0, 0.05) is 36.5 Å². The van der Waals surface area contributed by atoms with E-state index in [1.54, 1.807) is 11.9 Å². The van der Waals surface area contributed by atoms with Crippen molar-refractivity contribution in [3.8, 4) is 11.6 Å². The first-order chi connectivity index (χ1) is 14.5. The minimum atomic E-state index is -0.0109. The third kappa shape index (κ3) is 3.85. The molecule has 0 spiro atoms. The molecule has 0 fully saturated rings. The molecule has 1 amide bonds. The Bertz CT molecular complexity index is 1190. The van der Waals surface area contributed by atoms with Crippen molar-refractivity contribution in [3.63, 3.8) is 0 Å². The van der Waals surface area contributed by atoms with Gasteiger partial charge >= 0.3 is 0 Å². The summed E-state index contributed by atoms with van der Waals surface area (Å²) in [4.78, 5) is 22.2. The maximum absolute atomic E-state index is 12.6. The van der Waals surface area contributed by atoms with Gasteiger partial charge in [0.25, 0.3) is 11.8 Å². The number of aryl methyl sites for hydroxylation is 3. The molecule has 0 unspecified atom stereocenters. The second-order valence-electron chi connectivity index (χ2n) is 7.72. The van der Waals surface area contributed by atoms with Crippen LogP contribution in [-0.2, 0) is 12.8 Å². The van der Waals surface area contributed by atoms with E-state index in [0.717, 1.165) is 28.6 Å². The van der Waals surface area contributed by atoms with E-state index in [-0.39, 0.29) is 5.91 Å². The maximum Gasteiger partial charge on any atom is 0.274 e. The highest BCUT2D eigenvalue weighted by atomic mass is 16.5. The van der Waals surface area contributed by atoms with E-state index >= 15 is 0 Å². The smallest absolute Gasteiger partial charge is 0.274 e. The first kappa shape index (κ1) is 19.9. The number of hydrogen-bond donors (Lipinski definition) is 1. The molecule has 0 aliphatic rings. The molecule has 0 saturated carbocycles. The van der Waals surface area contributed by atoms with E-state index in [2.05, 4.69) is 47.2 Å². The van der Waals surface area contributed by atoms with Crippen LogP contribution in [0.1, 0.15) is 39.8 Å². The summed E-state index contributed by atoms with van der Waals surface area (Å²) in [5.41, 5.74) is 6.09. The molecule has 0 bridgehead atoms. The molecule has 6 heteroatoms. The standard InChI is InChI=1S/C24H26N4O2/c1-5-17-7-9-18(10-8-17)24(29)28(4)13-12-21-26-23(30-27-21)22-16(3)19-14-15(2)6-11-20(19)25-22/h6-11,14,25H,5,12-13H2,1-4H3. The summed E-state index contributed by atoms with van der Waals surface area (Å²) in [6.07, 6.45) is 1.48. The number of carbonyl (C=O) groups excluding carboxylic acids is 1. The predicted molar refractivity (Wildman–Crippen MR) is 118 cm³/mol. The number of aromatic amines is 1. The number of benzene rings is 2. The van der Waals surface area contributed by atoms with E-state index in [1.165, 1.54) is 11.1 Å². The maximum atomic E-state index is 12.6. The first-order valence-electron chi connectivity index (χ1n) is 10.2. The van der Waals surface area contributed by atoms with E-state index in [4.69, 9.17) is 4.52 Å². The molecule has 4 rings (SSSR count). The van der Waals surface area contributed by atoms with Crippen molar-refractivity contribution in [3.05, 3.63) is 70.5 Å².